The quantitative estimate of drug-likeness (QED) is 0.874. The van der Waals surface area contributed by atoms with E-state index in [1.807, 2.05) is 18.2 Å². The molecule has 0 spiro atoms. The van der Waals surface area contributed by atoms with Crippen molar-refractivity contribution >= 4 is 23.2 Å². The molecule has 0 saturated heterocycles. The lowest BCUT2D eigenvalue weighted by Crippen LogP contribution is -2.33. The van der Waals surface area contributed by atoms with Gasteiger partial charge in [-0.3, -0.25) is 4.79 Å². The van der Waals surface area contributed by atoms with Crippen LogP contribution >= 0.6 is 11.6 Å². The van der Waals surface area contributed by atoms with Gasteiger partial charge in [0, 0.05) is 0 Å². The Morgan fingerprint density at radius 3 is 2.80 bits per heavy atom. The molecule has 1 aromatic carbocycles. The van der Waals surface area contributed by atoms with Gasteiger partial charge in [0.15, 0.2) is 0 Å². The summed E-state index contributed by atoms with van der Waals surface area (Å²) in [4.78, 5) is 11.9. The molecular weight excluding hydrogens is 272 g/mol. The van der Waals surface area contributed by atoms with E-state index >= 15 is 0 Å². The zero-order chi connectivity index (χ0) is 13.9. The van der Waals surface area contributed by atoms with Crippen molar-refractivity contribution in [2.75, 3.05) is 18.4 Å². The number of halogens is 1. The molecule has 0 heterocycles. The van der Waals surface area contributed by atoms with Crippen LogP contribution in [0.4, 0.5) is 5.69 Å². The third-order valence-corrected chi connectivity index (χ3v) is 5.05. The number of amides is 1. The van der Waals surface area contributed by atoms with E-state index in [1.54, 1.807) is 6.07 Å². The van der Waals surface area contributed by atoms with E-state index in [0.29, 0.717) is 17.3 Å². The van der Waals surface area contributed by atoms with Crippen LogP contribution < -0.4 is 10.6 Å². The molecule has 0 aliphatic heterocycles. The summed E-state index contributed by atoms with van der Waals surface area (Å²) in [7, 11) is 0. The molecule has 0 radical (unpaired) electrons. The highest BCUT2D eigenvalue weighted by molar-refractivity contribution is 6.33. The van der Waals surface area contributed by atoms with Crippen LogP contribution in [0.15, 0.2) is 24.3 Å². The van der Waals surface area contributed by atoms with Crippen molar-refractivity contribution in [3.05, 3.63) is 29.3 Å². The SMILES string of the molecule is O=C(CNCC1CC2CCC1C2)Nc1ccccc1Cl. The normalized spacial score (nSPS) is 27.8. The molecule has 3 atom stereocenters. The number of nitrogens with one attached hydrogen (secondary N) is 2. The fourth-order valence-corrected chi connectivity index (χ4v) is 3.94. The first-order chi connectivity index (χ1) is 9.72. The topological polar surface area (TPSA) is 41.1 Å². The van der Waals surface area contributed by atoms with Gasteiger partial charge < -0.3 is 10.6 Å². The van der Waals surface area contributed by atoms with Gasteiger partial charge in [-0.05, 0) is 55.7 Å². The Balaban J connectivity index is 1.40. The molecule has 108 valence electrons. The van der Waals surface area contributed by atoms with Crippen LogP contribution in [0.2, 0.25) is 5.02 Å². The van der Waals surface area contributed by atoms with Crippen LogP contribution in [0.3, 0.4) is 0 Å². The Morgan fingerprint density at radius 2 is 2.10 bits per heavy atom. The van der Waals surface area contributed by atoms with Crippen molar-refractivity contribution < 1.29 is 4.79 Å². The Bertz CT molecular complexity index is 491. The van der Waals surface area contributed by atoms with Gasteiger partial charge in [-0.1, -0.05) is 30.2 Å². The molecule has 1 amide bonds. The van der Waals surface area contributed by atoms with Crippen LogP contribution in [0.1, 0.15) is 25.7 Å². The van der Waals surface area contributed by atoms with Crippen molar-refractivity contribution in [2.24, 2.45) is 17.8 Å². The summed E-state index contributed by atoms with van der Waals surface area (Å²) in [6.07, 6.45) is 5.58. The minimum Gasteiger partial charge on any atom is -0.324 e. The van der Waals surface area contributed by atoms with E-state index in [1.165, 1.54) is 25.7 Å². The van der Waals surface area contributed by atoms with E-state index < -0.39 is 0 Å². The number of hydrogen-bond acceptors (Lipinski definition) is 2. The summed E-state index contributed by atoms with van der Waals surface area (Å²) in [5.74, 6) is 2.62. The van der Waals surface area contributed by atoms with Gasteiger partial charge in [-0.15, -0.1) is 0 Å². The van der Waals surface area contributed by atoms with Gasteiger partial charge in [0.25, 0.3) is 0 Å². The number of fused-ring (bicyclic) bond motifs is 2. The predicted octanol–water partition coefficient (Wildman–Crippen LogP) is 3.30. The molecule has 1 aromatic rings. The molecule has 3 rings (SSSR count). The highest BCUT2D eigenvalue weighted by Crippen LogP contribution is 2.47. The van der Waals surface area contributed by atoms with E-state index in [9.17, 15) is 4.79 Å². The average Bonchev–Trinajstić information content (AvgIpc) is 3.04. The second-order valence-corrected chi connectivity index (χ2v) is 6.50. The minimum atomic E-state index is -0.0266. The molecule has 2 bridgehead atoms. The average molecular weight is 293 g/mol. The van der Waals surface area contributed by atoms with Gasteiger partial charge in [0.1, 0.15) is 0 Å². The van der Waals surface area contributed by atoms with E-state index in [2.05, 4.69) is 10.6 Å². The number of carbonyl (C=O) groups excluding carboxylic acids is 1. The monoisotopic (exact) mass is 292 g/mol. The Labute approximate surface area is 125 Å². The number of rotatable bonds is 5. The predicted molar refractivity (Wildman–Crippen MR) is 81.9 cm³/mol. The maximum atomic E-state index is 11.9. The molecule has 3 nitrogen and oxygen atoms in total. The highest BCUT2D eigenvalue weighted by atomic mass is 35.5. The fourth-order valence-electron chi connectivity index (χ4n) is 3.75. The van der Waals surface area contributed by atoms with Crippen molar-refractivity contribution in [3.63, 3.8) is 0 Å². The van der Waals surface area contributed by atoms with Crippen LogP contribution in [0.5, 0.6) is 0 Å². The van der Waals surface area contributed by atoms with E-state index in [-0.39, 0.29) is 5.91 Å². The maximum Gasteiger partial charge on any atom is 0.238 e. The standard InChI is InChI=1S/C16H21ClN2O/c17-14-3-1-2-4-15(14)19-16(20)10-18-9-13-8-11-5-6-12(13)7-11/h1-4,11-13,18H,5-10H2,(H,19,20). The van der Waals surface area contributed by atoms with Crippen LogP contribution in [-0.2, 0) is 4.79 Å². The van der Waals surface area contributed by atoms with Crippen LogP contribution in [0.25, 0.3) is 0 Å². The van der Waals surface area contributed by atoms with Crippen molar-refractivity contribution in [1.82, 2.24) is 5.32 Å². The second kappa shape index (κ2) is 6.15. The fraction of sp³-hybridized carbons (Fsp3) is 0.562. The smallest absolute Gasteiger partial charge is 0.238 e. The number of para-hydroxylation sites is 1. The first kappa shape index (κ1) is 13.9. The lowest BCUT2D eigenvalue weighted by Gasteiger charge is -2.21. The summed E-state index contributed by atoms with van der Waals surface area (Å²) in [6.45, 7) is 1.33. The molecule has 2 aliphatic rings. The first-order valence-corrected chi connectivity index (χ1v) is 7.85. The lowest BCUT2D eigenvalue weighted by atomic mass is 9.89. The first-order valence-electron chi connectivity index (χ1n) is 7.47. The summed E-state index contributed by atoms with van der Waals surface area (Å²) in [6, 6.07) is 7.31. The van der Waals surface area contributed by atoms with Gasteiger partial charge in [-0.2, -0.15) is 0 Å². The number of anilines is 1. The summed E-state index contributed by atoms with van der Waals surface area (Å²) < 4.78 is 0. The van der Waals surface area contributed by atoms with E-state index in [4.69, 9.17) is 11.6 Å². The molecule has 2 aliphatic carbocycles. The zero-order valence-electron chi connectivity index (χ0n) is 11.6. The number of hydrogen-bond donors (Lipinski definition) is 2. The third-order valence-electron chi connectivity index (χ3n) is 4.72. The molecule has 20 heavy (non-hydrogen) atoms. The number of carbonyl (C=O) groups is 1. The zero-order valence-corrected chi connectivity index (χ0v) is 12.3. The third kappa shape index (κ3) is 3.15. The van der Waals surface area contributed by atoms with Crippen LogP contribution in [0, 0.1) is 17.8 Å². The molecule has 4 heteroatoms. The van der Waals surface area contributed by atoms with Crippen molar-refractivity contribution in [2.45, 2.75) is 25.7 Å². The summed E-state index contributed by atoms with van der Waals surface area (Å²) in [5.41, 5.74) is 0.681. The highest BCUT2D eigenvalue weighted by Gasteiger charge is 2.38. The minimum absolute atomic E-state index is 0.0266. The van der Waals surface area contributed by atoms with Crippen molar-refractivity contribution in [1.29, 1.82) is 0 Å². The Morgan fingerprint density at radius 1 is 1.25 bits per heavy atom. The largest absolute Gasteiger partial charge is 0.324 e. The summed E-state index contributed by atoms with van der Waals surface area (Å²) >= 11 is 6.01. The van der Waals surface area contributed by atoms with Crippen molar-refractivity contribution in [3.8, 4) is 0 Å². The van der Waals surface area contributed by atoms with Gasteiger partial charge in [0.2, 0.25) is 5.91 Å². The van der Waals surface area contributed by atoms with Crippen LogP contribution in [-0.4, -0.2) is 19.0 Å². The van der Waals surface area contributed by atoms with Gasteiger partial charge >= 0.3 is 0 Å². The Kier molecular flexibility index (Phi) is 4.27. The molecule has 2 saturated carbocycles. The molecule has 0 aromatic heterocycles. The number of benzene rings is 1. The van der Waals surface area contributed by atoms with Gasteiger partial charge in [-0.25, -0.2) is 0 Å². The summed E-state index contributed by atoms with van der Waals surface area (Å²) in [5, 5.41) is 6.71. The lowest BCUT2D eigenvalue weighted by molar-refractivity contribution is -0.115. The molecule has 2 fully saturated rings. The molecule has 2 N–H and O–H groups in total. The van der Waals surface area contributed by atoms with E-state index in [0.717, 1.165) is 24.3 Å². The Hall–Kier alpha value is -1.06. The molecule has 3 unspecified atom stereocenters. The second-order valence-electron chi connectivity index (χ2n) is 6.09. The molecular formula is C16H21ClN2O. The maximum absolute atomic E-state index is 11.9. The van der Waals surface area contributed by atoms with Gasteiger partial charge in [0.05, 0.1) is 17.3 Å².